The van der Waals surface area contributed by atoms with Crippen molar-refractivity contribution in [3.8, 4) is 0 Å². The number of morpholine rings is 2. The molecular weight excluding hydrogens is 424 g/mol. The molecule has 0 unspecified atom stereocenters. The number of hydrogen-bond acceptors (Lipinski definition) is 6. The van der Waals surface area contributed by atoms with Gasteiger partial charge in [0.1, 0.15) is 18.0 Å². The zero-order chi connectivity index (χ0) is 22.7. The van der Waals surface area contributed by atoms with Gasteiger partial charge in [0.05, 0.1) is 25.3 Å². The van der Waals surface area contributed by atoms with E-state index in [2.05, 4.69) is 76.5 Å². The smallest absolute Gasteiger partial charge is 0.228 e. The zero-order valence-corrected chi connectivity index (χ0v) is 19.1. The van der Waals surface area contributed by atoms with Crippen molar-refractivity contribution in [1.29, 1.82) is 0 Å². The van der Waals surface area contributed by atoms with Gasteiger partial charge in [-0.2, -0.15) is 4.98 Å². The highest BCUT2D eigenvalue weighted by Crippen LogP contribution is 2.32. The predicted molar refractivity (Wildman–Crippen MR) is 134 cm³/mol. The van der Waals surface area contributed by atoms with Gasteiger partial charge in [-0.25, -0.2) is 4.98 Å². The average Bonchev–Trinajstić information content (AvgIpc) is 2.93. The fraction of sp³-hybridized carbons (Fsp3) is 0.286. The molecule has 6 rings (SSSR count). The SMILES string of the molecule is c1ccc([C@@H]2CN(c3nc(N4CCO[C@@H](c5ccccc5)C4)nc4ccccc34)CCO2)cc1. The Balaban J connectivity index is 1.33. The fourth-order valence-electron chi connectivity index (χ4n) is 4.84. The topological polar surface area (TPSA) is 50.7 Å². The van der Waals surface area contributed by atoms with Crippen molar-refractivity contribution in [2.24, 2.45) is 0 Å². The number of para-hydroxylation sites is 1. The van der Waals surface area contributed by atoms with Crippen molar-refractivity contribution in [1.82, 2.24) is 9.97 Å². The Kier molecular flexibility index (Phi) is 5.83. The van der Waals surface area contributed by atoms with E-state index in [4.69, 9.17) is 19.4 Å². The van der Waals surface area contributed by atoms with E-state index in [0.29, 0.717) is 13.2 Å². The van der Waals surface area contributed by atoms with Gasteiger partial charge in [-0.1, -0.05) is 72.8 Å². The summed E-state index contributed by atoms with van der Waals surface area (Å²) in [6.45, 7) is 4.40. The molecule has 0 N–H and O–H groups in total. The van der Waals surface area contributed by atoms with E-state index in [-0.39, 0.29) is 12.2 Å². The molecule has 0 amide bonds. The lowest BCUT2D eigenvalue weighted by atomic mass is 10.1. The second kappa shape index (κ2) is 9.41. The maximum atomic E-state index is 6.13. The van der Waals surface area contributed by atoms with Gasteiger partial charge in [0.25, 0.3) is 0 Å². The number of aromatic nitrogens is 2. The van der Waals surface area contributed by atoms with Crippen LogP contribution in [0.25, 0.3) is 10.9 Å². The van der Waals surface area contributed by atoms with Crippen molar-refractivity contribution >= 4 is 22.7 Å². The largest absolute Gasteiger partial charge is 0.370 e. The first-order chi connectivity index (χ1) is 16.8. The molecule has 172 valence electrons. The van der Waals surface area contributed by atoms with E-state index in [0.717, 1.165) is 48.8 Å². The minimum Gasteiger partial charge on any atom is -0.370 e. The Morgan fingerprint density at radius 1 is 0.618 bits per heavy atom. The lowest BCUT2D eigenvalue weighted by molar-refractivity contribution is 0.0388. The molecule has 2 aliphatic heterocycles. The van der Waals surface area contributed by atoms with Gasteiger partial charge in [-0.05, 0) is 23.3 Å². The molecule has 6 nitrogen and oxygen atoms in total. The molecule has 34 heavy (non-hydrogen) atoms. The van der Waals surface area contributed by atoms with E-state index >= 15 is 0 Å². The van der Waals surface area contributed by atoms with E-state index in [1.165, 1.54) is 11.1 Å². The third-order valence-electron chi connectivity index (χ3n) is 6.63. The average molecular weight is 453 g/mol. The second-order valence-electron chi connectivity index (χ2n) is 8.80. The van der Waals surface area contributed by atoms with Crippen LogP contribution in [0.15, 0.2) is 84.9 Å². The molecule has 2 aliphatic rings. The summed E-state index contributed by atoms with van der Waals surface area (Å²) in [6.07, 6.45) is 0.0392. The zero-order valence-electron chi connectivity index (χ0n) is 19.1. The Hall–Kier alpha value is -3.48. The molecule has 6 heteroatoms. The van der Waals surface area contributed by atoms with Crippen LogP contribution in [0.2, 0.25) is 0 Å². The molecule has 2 atom stereocenters. The lowest BCUT2D eigenvalue weighted by Crippen LogP contribution is -2.41. The maximum Gasteiger partial charge on any atom is 0.228 e. The molecular formula is C28H28N4O2. The highest BCUT2D eigenvalue weighted by Gasteiger charge is 2.28. The first-order valence-corrected chi connectivity index (χ1v) is 11.9. The minimum absolute atomic E-state index is 0.0133. The first-order valence-electron chi connectivity index (χ1n) is 11.9. The summed E-state index contributed by atoms with van der Waals surface area (Å²) in [5, 5.41) is 1.08. The Bertz CT molecular complexity index is 1250. The molecule has 2 fully saturated rings. The quantitative estimate of drug-likeness (QED) is 0.444. The van der Waals surface area contributed by atoms with Gasteiger partial charge in [0.15, 0.2) is 0 Å². The van der Waals surface area contributed by atoms with Crippen molar-refractivity contribution in [2.45, 2.75) is 12.2 Å². The van der Waals surface area contributed by atoms with E-state index in [1.807, 2.05) is 18.2 Å². The van der Waals surface area contributed by atoms with Crippen molar-refractivity contribution in [3.05, 3.63) is 96.1 Å². The molecule has 2 saturated heterocycles. The minimum atomic E-state index is 0.0133. The van der Waals surface area contributed by atoms with Crippen LogP contribution in [0.5, 0.6) is 0 Å². The summed E-state index contributed by atoms with van der Waals surface area (Å²) in [6, 6.07) is 29.1. The molecule has 0 aliphatic carbocycles. The fourth-order valence-corrected chi connectivity index (χ4v) is 4.84. The van der Waals surface area contributed by atoms with Crippen molar-refractivity contribution in [3.63, 3.8) is 0 Å². The number of rotatable bonds is 4. The molecule has 4 aromatic rings. The second-order valence-corrected chi connectivity index (χ2v) is 8.80. The predicted octanol–water partition coefficient (Wildman–Crippen LogP) is 4.79. The van der Waals surface area contributed by atoms with Crippen LogP contribution in [-0.2, 0) is 9.47 Å². The maximum absolute atomic E-state index is 6.13. The summed E-state index contributed by atoms with van der Waals surface area (Å²) in [4.78, 5) is 14.7. The monoisotopic (exact) mass is 452 g/mol. The van der Waals surface area contributed by atoms with Crippen LogP contribution >= 0.6 is 0 Å². The van der Waals surface area contributed by atoms with Gasteiger partial charge in [-0.15, -0.1) is 0 Å². The summed E-state index contributed by atoms with van der Waals surface area (Å²) < 4.78 is 12.2. The van der Waals surface area contributed by atoms with E-state index in [1.54, 1.807) is 0 Å². The van der Waals surface area contributed by atoms with Crippen LogP contribution < -0.4 is 9.80 Å². The Labute approximate surface area is 199 Å². The number of hydrogen-bond donors (Lipinski definition) is 0. The normalized spacial score (nSPS) is 21.1. The number of anilines is 2. The van der Waals surface area contributed by atoms with Gasteiger partial charge < -0.3 is 19.3 Å². The third-order valence-corrected chi connectivity index (χ3v) is 6.63. The molecule has 3 heterocycles. The van der Waals surface area contributed by atoms with Gasteiger partial charge in [-0.3, -0.25) is 0 Å². The van der Waals surface area contributed by atoms with Crippen LogP contribution in [0.3, 0.4) is 0 Å². The standard InChI is InChI=1S/C28H28N4O2/c1-3-9-21(10-4-1)25-19-31(15-17-33-25)27-23-13-7-8-14-24(23)29-28(30-27)32-16-18-34-26(20-32)22-11-5-2-6-12-22/h1-14,25-26H,15-20H2/t25-,26+/m0/s1. The molecule has 0 bridgehead atoms. The summed E-state index contributed by atoms with van der Waals surface area (Å²) >= 11 is 0. The van der Waals surface area contributed by atoms with Gasteiger partial charge in [0.2, 0.25) is 5.95 Å². The number of fused-ring (bicyclic) bond motifs is 1. The number of nitrogens with zero attached hydrogens (tertiary/aromatic N) is 4. The highest BCUT2D eigenvalue weighted by atomic mass is 16.5. The molecule has 0 spiro atoms. The summed E-state index contributed by atoms with van der Waals surface area (Å²) in [5.74, 6) is 1.74. The number of ether oxygens (including phenoxy) is 2. The van der Waals surface area contributed by atoms with Crippen LogP contribution in [0.1, 0.15) is 23.3 Å². The van der Waals surface area contributed by atoms with Crippen molar-refractivity contribution < 1.29 is 9.47 Å². The van der Waals surface area contributed by atoms with Crippen LogP contribution in [0.4, 0.5) is 11.8 Å². The molecule has 3 aromatic carbocycles. The van der Waals surface area contributed by atoms with Gasteiger partial charge in [0, 0.05) is 25.0 Å². The first kappa shape index (κ1) is 21.1. The molecule has 1 aromatic heterocycles. The summed E-state index contributed by atoms with van der Waals surface area (Å²) in [5.41, 5.74) is 3.35. The van der Waals surface area contributed by atoms with Crippen LogP contribution in [-0.4, -0.2) is 49.4 Å². The molecule has 0 saturated carbocycles. The van der Waals surface area contributed by atoms with Gasteiger partial charge >= 0.3 is 0 Å². The highest BCUT2D eigenvalue weighted by molar-refractivity contribution is 5.90. The van der Waals surface area contributed by atoms with Crippen LogP contribution in [0, 0.1) is 0 Å². The Morgan fingerprint density at radius 2 is 1.18 bits per heavy atom. The third kappa shape index (κ3) is 4.22. The molecule has 0 radical (unpaired) electrons. The summed E-state index contributed by atoms with van der Waals surface area (Å²) in [7, 11) is 0. The Morgan fingerprint density at radius 3 is 1.85 bits per heavy atom. The number of benzene rings is 3. The van der Waals surface area contributed by atoms with E-state index in [9.17, 15) is 0 Å². The lowest BCUT2D eigenvalue weighted by Gasteiger charge is -2.36. The van der Waals surface area contributed by atoms with Crippen molar-refractivity contribution in [2.75, 3.05) is 49.2 Å². The van der Waals surface area contributed by atoms with E-state index < -0.39 is 0 Å².